The van der Waals surface area contributed by atoms with Crippen LogP contribution in [0.3, 0.4) is 0 Å². The first-order valence-electron chi connectivity index (χ1n) is 7.27. The minimum Gasteiger partial charge on any atom is -0.456 e. The molecule has 2 aromatic carbocycles. The molecule has 2 nitrogen and oxygen atoms in total. The van der Waals surface area contributed by atoms with E-state index in [2.05, 4.69) is 26.0 Å². The molecule has 1 atom stereocenters. The van der Waals surface area contributed by atoms with E-state index in [9.17, 15) is 0 Å². The summed E-state index contributed by atoms with van der Waals surface area (Å²) in [5.74, 6) is 1.95. The van der Waals surface area contributed by atoms with Gasteiger partial charge in [0, 0.05) is 6.04 Å². The Morgan fingerprint density at radius 3 is 2.48 bits per heavy atom. The van der Waals surface area contributed by atoms with Crippen molar-refractivity contribution in [1.82, 2.24) is 0 Å². The first-order chi connectivity index (χ1) is 9.95. The van der Waals surface area contributed by atoms with Crippen molar-refractivity contribution in [3.8, 4) is 11.5 Å². The maximum absolute atomic E-state index is 6.30. The number of rotatable bonds is 5. The second-order valence-electron chi connectivity index (χ2n) is 5.78. The summed E-state index contributed by atoms with van der Waals surface area (Å²) in [7, 11) is 0. The zero-order valence-electron chi connectivity index (χ0n) is 12.8. The number of nitrogens with two attached hydrogens (primary N) is 1. The van der Waals surface area contributed by atoms with E-state index >= 15 is 0 Å². The fourth-order valence-electron chi connectivity index (χ4n) is 2.19. The van der Waals surface area contributed by atoms with Crippen molar-refractivity contribution in [1.29, 1.82) is 0 Å². The Morgan fingerprint density at radius 2 is 1.86 bits per heavy atom. The van der Waals surface area contributed by atoms with Crippen LogP contribution >= 0.6 is 11.6 Å². The van der Waals surface area contributed by atoms with Crippen LogP contribution in [0.15, 0.2) is 42.5 Å². The summed E-state index contributed by atoms with van der Waals surface area (Å²) < 4.78 is 5.90. The van der Waals surface area contributed by atoms with Crippen molar-refractivity contribution in [3.05, 3.63) is 58.6 Å². The zero-order valence-corrected chi connectivity index (χ0v) is 13.5. The van der Waals surface area contributed by atoms with Gasteiger partial charge < -0.3 is 10.5 Å². The molecule has 2 N–H and O–H groups in total. The third-order valence-corrected chi connectivity index (χ3v) is 3.60. The van der Waals surface area contributed by atoms with Crippen LogP contribution in [-0.4, -0.2) is 6.04 Å². The molecule has 3 heteroatoms. The van der Waals surface area contributed by atoms with E-state index in [-0.39, 0.29) is 6.04 Å². The SMILES string of the molecule is CC(N)Cc1ccc(Oc2cccc(C(C)C)c2)c(Cl)c1. The summed E-state index contributed by atoms with van der Waals surface area (Å²) in [5, 5.41) is 0.614. The number of benzene rings is 2. The lowest BCUT2D eigenvalue weighted by atomic mass is 10.0. The second kappa shape index (κ2) is 6.97. The summed E-state index contributed by atoms with van der Waals surface area (Å²) in [5.41, 5.74) is 8.18. The molecule has 0 amide bonds. The lowest BCUT2D eigenvalue weighted by Crippen LogP contribution is -2.17. The quantitative estimate of drug-likeness (QED) is 0.829. The molecule has 0 spiro atoms. The largest absolute Gasteiger partial charge is 0.456 e. The zero-order chi connectivity index (χ0) is 15.4. The third-order valence-electron chi connectivity index (χ3n) is 3.31. The highest BCUT2D eigenvalue weighted by molar-refractivity contribution is 6.32. The molecule has 0 aliphatic rings. The van der Waals surface area contributed by atoms with E-state index in [0.29, 0.717) is 16.7 Å². The molecule has 1 unspecified atom stereocenters. The molecular weight excluding hydrogens is 282 g/mol. The standard InChI is InChI=1S/C18H22ClNO/c1-12(2)15-5-4-6-16(11-15)21-18-8-7-14(9-13(3)20)10-17(18)19/h4-8,10-13H,9,20H2,1-3H3. The topological polar surface area (TPSA) is 35.2 Å². The number of hydrogen-bond acceptors (Lipinski definition) is 2. The average molecular weight is 304 g/mol. The minimum absolute atomic E-state index is 0.121. The lowest BCUT2D eigenvalue weighted by molar-refractivity contribution is 0.481. The van der Waals surface area contributed by atoms with Gasteiger partial charge in [0.1, 0.15) is 11.5 Å². The molecule has 21 heavy (non-hydrogen) atoms. The summed E-state index contributed by atoms with van der Waals surface area (Å²) in [6, 6.07) is 14.1. The average Bonchev–Trinajstić information content (AvgIpc) is 2.41. The Kier molecular flexibility index (Phi) is 5.27. The Hall–Kier alpha value is -1.51. The van der Waals surface area contributed by atoms with Crippen LogP contribution in [0.5, 0.6) is 11.5 Å². The maximum Gasteiger partial charge on any atom is 0.146 e. The Morgan fingerprint density at radius 1 is 1.10 bits per heavy atom. The van der Waals surface area contributed by atoms with Crippen LogP contribution in [0.1, 0.15) is 37.8 Å². The van der Waals surface area contributed by atoms with Crippen molar-refractivity contribution in [3.63, 3.8) is 0 Å². The van der Waals surface area contributed by atoms with Crippen LogP contribution < -0.4 is 10.5 Å². The summed E-state index contributed by atoms with van der Waals surface area (Å²) in [6.45, 7) is 6.31. The molecule has 2 rings (SSSR count). The molecule has 0 aliphatic heterocycles. The highest BCUT2D eigenvalue weighted by Crippen LogP contribution is 2.31. The van der Waals surface area contributed by atoms with E-state index in [1.54, 1.807) is 0 Å². The summed E-state index contributed by atoms with van der Waals surface area (Å²) >= 11 is 6.30. The van der Waals surface area contributed by atoms with E-state index in [4.69, 9.17) is 22.1 Å². The number of ether oxygens (including phenoxy) is 1. The van der Waals surface area contributed by atoms with Gasteiger partial charge in [0.25, 0.3) is 0 Å². The van der Waals surface area contributed by atoms with Gasteiger partial charge >= 0.3 is 0 Å². The Balaban J connectivity index is 2.18. The molecule has 2 aromatic rings. The first kappa shape index (κ1) is 15.9. The Bertz CT molecular complexity index is 608. The molecule has 112 valence electrons. The predicted molar refractivity (Wildman–Crippen MR) is 89.4 cm³/mol. The molecule has 0 heterocycles. The van der Waals surface area contributed by atoms with E-state index in [1.807, 2.05) is 37.3 Å². The van der Waals surface area contributed by atoms with Gasteiger partial charge in [-0.15, -0.1) is 0 Å². The van der Waals surface area contributed by atoms with Gasteiger partial charge in [-0.3, -0.25) is 0 Å². The predicted octanol–water partition coefficient (Wildman–Crippen LogP) is 5.15. The van der Waals surface area contributed by atoms with Crippen LogP contribution in [0.2, 0.25) is 5.02 Å². The smallest absolute Gasteiger partial charge is 0.146 e. The highest BCUT2D eigenvalue weighted by atomic mass is 35.5. The van der Waals surface area contributed by atoms with Gasteiger partial charge in [-0.2, -0.15) is 0 Å². The molecule has 0 fully saturated rings. The van der Waals surface area contributed by atoms with Crippen LogP contribution in [0.25, 0.3) is 0 Å². The third kappa shape index (κ3) is 4.48. The van der Waals surface area contributed by atoms with Gasteiger partial charge in [-0.1, -0.05) is 43.6 Å². The second-order valence-corrected chi connectivity index (χ2v) is 6.18. The van der Waals surface area contributed by atoms with Crippen molar-refractivity contribution in [2.45, 2.75) is 39.2 Å². The highest BCUT2D eigenvalue weighted by Gasteiger charge is 2.07. The van der Waals surface area contributed by atoms with E-state index < -0.39 is 0 Å². The maximum atomic E-state index is 6.30. The van der Waals surface area contributed by atoms with Gasteiger partial charge in [-0.05, 0) is 54.7 Å². The lowest BCUT2D eigenvalue weighted by Gasteiger charge is -2.12. The molecule has 0 saturated heterocycles. The van der Waals surface area contributed by atoms with Gasteiger partial charge in [0.15, 0.2) is 0 Å². The number of halogens is 1. The molecule has 0 aliphatic carbocycles. The van der Waals surface area contributed by atoms with Gasteiger partial charge in [0.2, 0.25) is 0 Å². The van der Waals surface area contributed by atoms with Crippen molar-refractivity contribution in [2.24, 2.45) is 5.73 Å². The fraction of sp³-hybridized carbons (Fsp3) is 0.333. The fourth-order valence-corrected chi connectivity index (χ4v) is 2.43. The molecule has 0 aromatic heterocycles. The summed E-state index contributed by atoms with van der Waals surface area (Å²) in [6.07, 6.45) is 0.808. The van der Waals surface area contributed by atoms with Crippen LogP contribution in [0.4, 0.5) is 0 Å². The van der Waals surface area contributed by atoms with Crippen molar-refractivity contribution in [2.75, 3.05) is 0 Å². The molecule has 0 saturated carbocycles. The van der Waals surface area contributed by atoms with Crippen molar-refractivity contribution >= 4 is 11.6 Å². The van der Waals surface area contributed by atoms with E-state index in [1.165, 1.54) is 5.56 Å². The molecular formula is C18H22ClNO. The normalized spacial score (nSPS) is 12.5. The van der Waals surface area contributed by atoms with Gasteiger partial charge in [-0.25, -0.2) is 0 Å². The van der Waals surface area contributed by atoms with E-state index in [0.717, 1.165) is 17.7 Å². The van der Waals surface area contributed by atoms with Crippen molar-refractivity contribution < 1.29 is 4.74 Å². The number of hydrogen-bond donors (Lipinski definition) is 1. The van der Waals surface area contributed by atoms with Gasteiger partial charge in [0.05, 0.1) is 5.02 Å². The monoisotopic (exact) mass is 303 g/mol. The van der Waals surface area contributed by atoms with Crippen LogP contribution in [-0.2, 0) is 6.42 Å². The molecule has 0 bridgehead atoms. The minimum atomic E-state index is 0.121. The summed E-state index contributed by atoms with van der Waals surface area (Å²) in [4.78, 5) is 0. The first-order valence-corrected chi connectivity index (χ1v) is 7.65. The molecule has 0 radical (unpaired) electrons. The Labute approximate surface area is 131 Å². The van der Waals surface area contributed by atoms with Crippen LogP contribution in [0, 0.1) is 0 Å².